The molecule has 32 heavy (non-hydrogen) atoms. The summed E-state index contributed by atoms with van der Waals surface area (Å²) >= 11 is 0. The lowest BCUT2D eigenvalue weighted by molar-refractivity contribution is 0.602. The fraction of sp³-hybridized carbons (Fsp3) is 0.304. The molecule has 7 nitrogen and oxygen atoms in total. The van der Waals surface area contributed by atoms with E-state index in [9.17, 15) is 8.42 Å². The largest absolute Gasteiger partial charge is 0.356 e. The van der Waals surface area contributed by atoms with E-state index in [1.54, 1.807) is 19.2 Å². The molecule has 0 amide bonds. The number of nitrogens with zero attached hydrogens (tertiary/aromatic N) is 3. The quantitative estimate of drug-likeness (QED) is 0.236. The van der Waals surface area contributed by atoms with Crippen molar-refractivity contribution in [2.75, 3.05) is 19.8 Å². The predicted octanol–water partition coefficient (Wildman–Crippen LogP) is 3.06. The lowest BCUT2D eigenvalue weighted by Crippen LogP contribution is -2.38. The van der Waals surface area contributed by atoms with Gasteiger partial charge in [0.25, 0.3) is 0 Å². The van der Waals surface area contributed by atoms with E-state index in [4.69, 9.17) is 0 Å². The van der Waals surface area contributed by atoms with E-state index in [2.05, 4.69) is 49.4 Å². The highest BCUT2D eigenvalue weighted by Crippen LogP contribution is 2.10. The topological polar surface area (TPSA) is 88.4 Å². The molecular weight excluding hydrogens is 537 g/mol. The standard InChI is InChI=1S/C23H29N5O2S.HI/c1-24-23(26-14-12-20-8-10-21(11-9-20)31(2,29)30)27-18-22-25-15-17-28(22)16-13-19-6-4-3-5-7-19;/h3-11,15,17H,12-14,16,18H2,1-2H3,(H2,24,26,27);1H. The van der Waals surface area contributed by atoms with Crippen molar-refractivity contribution in [2.45, 2.75) is 30.8 Å². The number of aromatic nitrogens is 2. The summed E-state index contributed by atoms with van der Waals surface area (Å²) in [5.74, 6) is 1.65. The van der Waals surface area contributed by atoms with Gasteiger partial charge in [0.1, 0.15) is 5.82 Å². The first kappa shape index (κ1) is 25.9. The lowest BCUT2D eigenvalue weighted by atomic mass is 10.1. The zero-order valence-corrected chi connectivity index (χ0v) is 21.5. The Kier molecular flexibility index (Phi) is 10.2. The number of imidazole rings is 1. The fourth-order valence-electron chi connectivity index (χ4n) is 3.22. The number of aliphatic imine (C=N–C) groups is 1. The van der Waals surface area contributed by atoms with Crippen molar-refractivity contribution in [1.29, 1.82) is 0 Å². The normalized spacial score (nSPS) is 11.6. The van der Waals surface area contributed by atoms with Gasteiger partial charge in [0, 0.05) is 38.8 Å². The maximum atomic E-state index is 11.5. The van der Waals surface area contributed by atoms with Gasteiger partial charge in [-0.15, -0.1) is 24.0 Å². The first-order valence-electron chi connectivity index (χ1n) is 10.2. The Morgan fingerprint density at radius 3 is 2.34 bits per heavy atom. The Balaban J connectivity index is 0.00000363. The summed E-state index contributed by atoms with van der Waals surface area (Å²) in [5, 5.41) is 6.59. The molecule has 0 atom stereocenters. The summed E-state index contributed by atoms with van der Waals surface area (Å²) in [6.07, 6.45) is 6.74. The van der Waals surface area contributed by atoms with Crippen LogP contribution in [0.2, 0.25) is 0 Å². The highest BCUT2D eigenvalue weighted by Gasteiger charge is 2.07. The monoisotopic (exact) mass is 567 g/mol. The number of hydrogen-bond acceptors (Lipinski definition) is 4. The van der Waals surface area contributed by atoms with Crippen molar-refractivity contribution < 1.29 is 8.42 Å². The summed E-state index contributed by atoms with van der Waals surface area (Å²) in [7, 11) is -1.43. The van der Waals surface area contributed by atoms with Gasteiger partial charge in [-0.05, 0) is 36.1 Å². The maximum absolute atomic E-state index is 11.5. The number of halogens is 1. The minimum Gasteiger partial charge on any atom is -0.356 e. The number of aryl methyl sites for hydroxylation is 2. The van der Waals surface area contributed by atoms with Crippen LogP contribution < -0.4 is 10.6 Å². The molecule has 9 heteroatoms. The van der Waals surface area contributed by atoms with Crippen LogP contribution >= 0.6 is 24.0 Å². The van der Waals surface area contributed by atoms with Crippen molar-refractivity contribution >= 4 is 39.8 Å². The third kappa shape index (κ3) is 7.94. The molecule has 0 fully saturated rings. The van der Waals surface area contributed by atoms with Gasteiger partial charge in [-0.1, -0.05) is 42.5 Å². The van der Waals surface area contributed by atoms with E-state index < -0.39 is 9.84 Å². The number of benzene rings is 2. The lowest BCUT2D eigenvalue weighted by Gasteiger charge is -2.13. The first-order chi connectivity index (χ1) is 15.0. The Morgan fingerprint density at radius 2 is 1.69 bits per heavy atom. The molecule has 0 aliphatic rings. The van der Waals surface area contributed by atoms with Crippen molar-refractivity contribution in [3.05, 3.63) is 83.9 Å². The molecule has 1 heterocycles. The summed E-state index contributed by atoms with van der Waals surface area (Å²) < 4.78 is 25.2. The Hall–Kier alpha value is -2.40. The number of nitrogens with one attached hydrogen (secondary N) is 2. The average Bonchev–Trinajstić information content (AvgIpc) is 3.22. The third-order valence-electron chi connectivity index (χ3n) is 4.98. The van der Waals surface area contributed by atoms with Gasteiger partial charge in [-0.25, -0.2) is 13.4 Å². The van der Waals surface area contributed by atoms with Crippen molar-refractivity contribution in [2.24, 2.45) is 4.99 Å². The zero-order valence-electron chi connectivity index (χ0n) is 18.4. The SMILES string of the molecule is CN=C(NCCc1ccc(S(C)(=O)=O)cc1)NCc1nccn1CCc1ccccc1.I. The second-order valence-corrected chi connectivity index (χ2v) is 9.31. The number of hydrogen-bond donors (Lipinski definition) is 2. The summed E-state index contributed by atoms with van der Waals surface area (Å²) in [5.41, 5.74) is 2.36. The van der Waals surface area contributed by atoms with E-state index in [1.807, 2.05) is 30.6 Å². The van der Waals surface area contributed by atoms with E-state index in [-0.39, 0.29) is 24.0 Å². The smallest absolute Gasteiger partial charge is 0.191 e. The van der Waals surface area contributed by atoms with Gasteiger partial charge in [0.2, 0.25) is 0 Å². The van der Waals surface area contributed by atoms with Crippen LogP contribution in [0.25, 0.3) is 0 Å². The Labute approximate surface area is 207 Å². The molecule has 0 saturated carbocycles. The van der Waals surface area contributed by atoms with Crippen molar-refractivity contribution in [3.8, 4) is 0 Å². The minimum absolute atomic E-state index is 0. The Morgan fingerprint density at radius 1 is 1.00 bits per heavy atom. The average molecular weight is 567 g/mol. The van der Waals surface area contributed by atoms with Crippen LogP contribution in [0, 0.1) is 0 Å². The van der Waals surface area contributed by atoms with Crippen LogP contribution in [0.3, 0.4) is 0 Å². The van der Waals surface area contributed by atoms with Crippen LogP contribution in [0.15, 0.2) is 76.9 Å². The first-order valence-corrected chi connectivity index (χ1v) is 12.1. The van der Waals surface area contributed by atoms with Crippen LogP contribution in [0.1, 0.15) is 17.0 Å². The van der Waals surface area contributed by atoms with Gasteiger partial charge >= 0.3 is 0 Å². The molecule has 0 saturated heterocycles. The number of guanidine groups is 1. The maximum Gasteiger partial charge on any atom is 0.191 e. The van der Waals surface area contributed by atoms with Crippen LogP contribution in [-0.4, -0.2) is 43.8 Å². The van der Waals surface area contributed by atoms with Crippen molar-refractivity contribution in [3.63, 3.8) is 0 Å². The molecule has 0 spiro atoms. The third-order valence-corrected chi connectivity index (χ3v) is 6.11. The van der Waals surface area contributed by atoms with Gasteiger partial charge in [-0.3, -0.25) is 4.99 Å². The number of rotatable bonds is 9. The van der Waals surface area contributed by atoms with Crippen LogP contribution in [0.5, 0.6) is 0 Å². The number of sulfone groups is 1. The molecule has 0 radical (unpaired) electrons. The molecule has 0 aliphatic carbocycles. The zero-order chi connectivity index (χ0) is 22.1. The summed E-state index contributed by atoms with van der Waals surface area (Å²) in [6.45, 7) is 2.13. The summed E-state index contributed by atoms with van der Waals surface area (Å²) in [6, 6.07) is 17.4. The molecule has 3 aromatic rings. The molecular formula is C23H30IN5O2S. The highest BCUT2D eigenvalue weighted by atomic mass is 127. The van der Waals surface area contributed by atoms with Gasteiger partial charge in [0.05, 0.1) is 11.4 Å². The molecule has 3 rings (SSSR count). The van der Waals surface area contributed by atoms with Gasteiger partial charge in [0.15, 0.2) is 15.8 Å². The molecule has 2 aromatic carbocycles. The van der Waals surface area contributed by atoms with E-state index in [0.29, 0.717) is 23.9 Å². The van der Waals surface area contributed by atoms with Crippen LogP contribution in [-0.2, 0) is 35.8 Å². The Bertz CT molecular complexity index is 1100. The molecule has 172 valence electrons. The van der Waals surface area contributed by atoms with E-state index >= 15 is 0 Å². The van der Waals surface area contributed by atoms with Gasteiger partial charge < -0.3 is 15.2 Å². The van der Waals surface area contributed by atoms with E-state index in [0.717, 1.165) is 30.8 Å². The second-order valence-electron chi connectivity index (χ2n) is 7.29. The summed E-state index contributed by atoms with van der Waals surface area (Å²) in [4.78, 5) is 9.06. The van der Waals surface area contributed by atoms with Crippen molar-refractivity contribution in [1.82, 2.24) is 20.2 Å². The minimum atomic E-state index is -3.16. The highest BCUT2D eigenvalue weighted by molar-refractivity contribution is 14.0. The van der Waals surface area contributed by atoms with Crippen LogP contribution in [0.4, 0.5) is 0 Å². The van der Waals surface area contributed by atoms with E-state index in [1.165, 1.54) is 11.8 Å². The fourth-order valence-corrected chi connectivity index (χ4v) is 3.85. The molecule has 0 bridgehead atoms. The predicted molar refractivity (Wildman–Crippen MR) is 139 cm³/mol. The molecule has 1 aromatic heterocycles. The van der Waals surface area contributed by atoms with Gasteiger partial charge in [-0.2, -0.15) is 0 Å². The molecule has 2 N–H and O–H groups in total. The molecule has 0 unspecified atom stereocenters. The molecule has 0 aliphatic heterocycles. The second kappa shape index (κ2) is 12.6.